The van der Waals surface area contributed by atoms with Gasteiger partial charge in [-0.25, -0.2) is 4.39 Å². The first-order valence-electron chi connectivity index (χ1n) is 9.75. The quantitative estimate of drug-likeness (QED) is 0.252. The van der Waals surface area contributed by atoms with Crippen molar-refractivity contribution < 1.29 is 9.13 Å². The van der Waals surface area contributed by atoms with Gasteiger partial charge in [-0.2, -0.15) is 0 Å². The first-order chi connectivity index (χ1) is 12.6. The van der Waals surface area contributed by atoms with Crippen molar-refractivity contribution in [2.24, 2.45) is 4.99 Å². The van der Waals surface area contributed by atoms with Crippen LogP contribution in [0.15, 0.2) is 29.3 Å². The molecule has 0 amide bonds. The van der Waals surface area contributed by atoms with Crippen molar-refractivity contribution in [1.29, 1.82) is 0 Å². The standard InChI is InChI=1S/C20H33FN4O.HI/c1-4-22-20(24-18-10-13-25(14-11-18)16(2)3)23-12-5-15-26-19-8-6-17(21)7-9-19;/h6-9,16,18H,4-5,10-15H2,1-3H3,(H2,22,23,24);1H. The summed E-state index contributed by atoms with van der Waals surface area (Å²) >= 11 is 0. The van der Waals surface area contributed by atoms with Crippen LogP contribution >= 0.6 is 24.0 Å². The van der Waals surface area contributed by atoms with Crippen molar-refractivity contribution in [3.8, 4) is 5.75 Å². The molecule has 2 N–H and O–H groups in total. The normalized spacial score (nSPS) is 16.1. The predicted molar refractivity (Wildman–Crippen MR) is 121 cm³/mol. The second kappa shape index (κ2) is 13.1. The first-order valence-corrected chi connectivity index (χ1v) is 9.75. The maximum atomic E-state index is 12.9. The second-order valence-electron chi connectivity index (χ2n) is 6.96. The van der Waals surface area contributed by atoms with E-state index in [-0.39, 0.29) is 29.8 Å². The van der Waals surface area contributed by atoms with E-state index in [0.717, 1.165) is 44.9 Å². The van der Waals surface area contributed by atoms with Crippen LogP contribution in [0.4, 0.5) is 4.39 Å². The van der Waals surface area contributed by atoms with Crippen molar-refractivity contribution in [3.63, 3.8) is 0 Å². The number of halogens is 2. The Balaban J connectivity index is 0.00000364. The van der Waals surface area contributed by atoms with Gasteiger partial charge in [0.2, 0.25) is 0 Å². The highest BCUT2D eigenvalue weighted by molar-refractivity contribution is 14.0. The summed E-state index contributed by atoms with van der Waals surface area (Å²) in [6.07, 6.45) is 3.12. The van der Waals surface area contributed by atoms with Crippen LogP contribution in [0, 0.1) is 5.82 Å². The molecule has 154 valence electrons. The molecule has 5 nitrogen and oxygen atoms in total. The lowest BCUT2D eigenvalue weighted by molar-refractivity contribution is 0.167. The molecular formula is C20H34FIN4O. The van der Waals surface area contributed by atoms with Crippen LogP contribution in [0.25, 0.3) is 0 Å². The Morgan fingerprint density at radius 2 is 1.93 bits per heavy atom. The van der Waals surface area contributed by atoms with E-state index in [4.69, 9.17) is 4.74 Å². The van der Waals surface area contributed by atoms with Crippen molar-refractivity contribution in [2.45, 2.75) is 52.1 Å². The summed E-state index contributed by atoms with van der Waals surface area (Å²) in [6, 6.07) is 7.22. The van der Waals surface area contributed by atoms with E-state index in [1.165, 1.54) is 12.1 Å². The van der Waals surface area contributed by atoms with E-state index >= 15 is 0 Å². The van der Waals surface area contributed by atoms with E-state index in [9.17, 15) is 4.39 Å². The molecule has 0 aromatic heterocycles. The highest BCUT2D eigenvalue weighted by atomic mass is 127. The van der Waals surface area contributed by atoms with E-state index in [2.05, 4.69) is 41.3 Å². The fraction of sp³-hybridized carbons (Fsp3) is 0.650. The van der Waals surface area contributed by atoms with Crippen LogP contribution in [0.3, 0.4) is 0 Å². The van der Waals surface area contributed by atoms with Gasteiger partial charge in [0.15, 0.2) is 5.96 Å². The molecular weight excluding hydrogens is 458 g/mol. The molecule has 1 aromatic carbocycles. The van der Waals surface area contributed by atoms with Gasteiger partial charge in [-0.05, 0) is 57.9 Å². The monoisotopic (exact) mass is 492 g/mol. The second-order valence-corrected chi connectivity index (χ2v) is 6.96. The van der Waals surface area contributed by atoms with Gasteiger partial charge in [-0.15, -0.1) is 24.0 Å². The lowest BCUT2D eigenvalue weighted by Gasteiger charge is -2.35. The molecule has 0 radical (unpaired) electrons. The number of hydrogen-bond acceptors (Lipinski definition) is 3. The molecule has 0 atom stereocenters. The molecule has 1 fully saturated rings. The molecule has 1 saturated heterocycles. The van der Waals surface area contributed by atoms with E-state index in [0.29, 0.717) is 31.0 Å². The van der Waals surface area contributed by atoms with Crippen molar-refractivity contribution in [1.82, 2.24) is 15.5 Å². The van der Waals surface area contributed by atoms with Gasteiger partial charge in [0.1, 0.15) is 11.6 Å². The Morgan fingerprint density at radius 3 is 2.52 bits per heavy atom. The van der Waals surface area contributed by atoms with Gasteiger partial charge in [-0.1, -0.05) is 0 Å². The summed E-state index contributed by atoms with van der Waals surface area (Å²) in [6.45, 7) is 11.0. The molecule has 1 aliphatic heterocycles. The van der Waals surface area contributed by atoms with Gasteiger partial charge < -0.3 is 20.3 Å². The SMILES string of the molecule is CCNC(=NCCCOc1ccc(F)cc1)NC1CCN(C(C)C)CC1.I. The van der Waals surface area contributed by atoms with Crippen molar-refractivity contribution >= 4 is 29.9 Å². The molecule has 0 aliphatic carbocycles. The zero-order valence-corrected chi connectivity index (χ0v) is 19.0. The van der Waals surface area contributed by atoms with Crippen LogP contribution in [0.2, 0.25) is 0 Å². The number of nitrogens with one attached hydrogen (secondary N) is 2. The predicted octanol–water partition coefficient (Wildman–Crippen LogP) is 3.64. The zero-order chi connectivity index (χ0) is 18.8. The highest BCUT2D eigenvalue weighted by Crippen LogP contribution is 2.13. The molecule has 27 heavy (non-hydrogen) atoms. The molecule has 7 heteroatoms. The molecule has 1 heterocycles. The van der Waals surface area contributed by atoms with Crippen molar-refractivity contribution in [3.05, 3.63) is 30.1 Å². The highest BCUT2D eigenvalue weighted by Gasteiger charge is 2.21. The van der Waals surface area contributed by atoms with Crippen LogP contribution in [-0.2, 0) is 0 Å². The molecule has 1 aliphatic rings. The number of rotatable bonds is 8. The third-order valence-electron chi connectivity index (χ3n) is 4.60. The van der Waals surface area contributed by atoms with Crippen molar-refractivity contribution in [2.75, 3.05) is 32.8 Å². The number of hydrogen-bond donors (Lipinski definition) is 2. The van der Waals surface area contributed by atoms with Gasteiger partial charge in [-0.3, -0.25) is 4.99 Å². The zero-order valence-electron chi connectivity index (χ0n) is 16.7. The Labute approximate surface area is 180 Å². The summed E-state index contributed by atoms with van der Waals surface area (Å²) in [5.41, 5.74) is 0. The van der Waals surface area contributed by atoms with Gasteiger partial charge in [0.25, 0.3) is 0 Å². The summed E-state index contributed by atoms with van der Waals surface area (Å²) in [4.78, 5) is 7.17. The maximum Gasteiger partial charge on any atom is 0.191 e. The average Bonchev–Trinajstić information content (AvgIpc) is 2.63. The van der Waals surface area contributed by atoms with Crippen LogP contribution in [0.5, 0.6) is 5.75 Å². The molecule has 0 spiro atoms. The number of likely N-dealkylation sites (tertiary alicyclic amines) is 1. The topological polar surface area (TPSA) is 48.9 Å². The van der Waals surface area contributed by atoms with Gasteiger partial charge in [0.05, 0.1) is 6.61 Å². The van der Waals surface area contributed by atoms with Gasteiger partial charge in [0, 0.05) is 44.7 Å². The van der Waals surface area contributed by atoms with E-state index in [1.54, 1.807) is 12.1 Å². The fourth-order valence-corrected chi connectivity index (χ4v) is 3.05. The third kappa shape index (κ3) is 9.10. The van der Waals surface area contributed by atoms with Crippen LogP contribution in [-0.4, -0.2) is 55.7 Å². The Morgan fingerprint density at radius 1 is 1.26 bits per heavy atom. The number of benzene rings is 1. The first kappa shape index (κ1) is 23.9. The van der Waals surface area contributed by atoms with Crippen LogP contribution in [0.1, 0.15) is 40.0 Å². The summed E-state index contributed by atoms with van der Waals surface area (Å²) in [7, 11) is 0. The number of guanidine groups is 1. The number of ether oxygens (including phenoxy) is 1. The third-order valence-corrected chi connectivity index (χ3v) is 4.60. The van der Waals surface area contributed by atoms with Crippen LogP contribution < -0.4 is 15.4 Å². The van der Waals surface area contributed by atoms with Gasteiger partial charge >= 0.3 is 0 Å². The summed E-state index contributed by atoms with van der Waals surface area (Å²) in [5.74, 6) is 1.33. The van der Waals surface area contributed by atoms with E-state index < -0.39 is 0 Å². The maximum absolute atomic E-state index is 12.9. The molecule has 0 saturated carbocycles. The minimum Gasteiger partial charge on any atom is -0.494 e. The minimum atomic E-state index is -0.248. The lowest BCUT2D eigenvalue weighted by Crippen LogP contribution is -2.49. The molecule has 2 rings (SSSR count). The molecule has 0 unspecified atom stereocenters. The Hall–Kier alpha value is -1.09. The number of piperidine rings is 1. The lowest BCUT2D eigenvalue weighted by atomic mass is 10.0. The smallest absolute Gasteiger partial charge is 0.191 e. The minimum absolute atomic E-state index is 0. The fourth-order valence-electron chi connectivity index (χ4n) is 3.05. The number of nitrogens with zero attached hydrogens (tertiary/aromatic N) is 2. The average molecular weight is 492 g/mol. The summed E-state index contributed by atoms with van der Waals surface area (Å²) < 4.78 is 18.5. The Bertz CT molecular complexity index is 545. The largest absolute Gasteiger partial charge is 0.494 e. The molecule has 1 aromatic rings. The molecule has 0 bridgehead atoms. The number of aliphatic imine (C=N–C) groups is 1. The Kier molecular flexibility index (Phi) is 11.7. The van der Waals surface area contributed by atoms with E-state index in [1.807, 2.05) is 0 Å². The summed E-state index contributed by atoms with van der Waals surface area (Å²) in [5, 5.41) is 6.88.